The van der Waals surface area contributed by atoms with Crippen molar-refractivity contribution in [1.82, 2.24) is 9.88 Å². The van der Waals surface area contributed by atoms with Crippen molar-refractivity contribution in [2.75, 3.05) is 32.5 Å². The molecule has 6 nitrogen and oxygen atoms in total. The number of likely N-dealkylation sites (tertiary alicyclic amines) is 1. The van der Waals surface area contributed by atoms with Crippen LogP contribution in [0, 0.1) is 18.8 Å². The van der Waals surface area contributed by atoms with Gasteiger partial charge >= 0.3 is 5.97 Å². The van der Waals surface area contributed by atoms with E-state index in [-0.39, 0.29) is 5.92 Å². The van der Waals surface area contributed by atoms with Crippen molar-refractivity contribution in [1.29, 1.82) is 0 Å². The lowest BCUT2D eigenvalue weighted by molar-refractivity contribution is -0.146. The molecule has 1 aliphatic rings. The van der Waals surface area contributed by atoms with E-state index in [1.807, 2.05) is 42.1 Å². The number of ether oxygens (including phenoxy) is 1. The van der Waals surface area contributed by atoms with Gasteiger partial charge in [-0.3, -0.25) is 9.78 Å². The van der Waals surface area contributed by atoms with Crippen molar-refractivity contribution in [2.24, 2.45) is 11.8 Å². The van der Waals surface area contributed by atoms with Gasteiger partial charge in [-0.15, -0.1) is 11.8 Å². The molecular weight excluding hydrogens is 460 g/mol. The van der Waals surface area contributed by atoms with E-state index in [1.54, 1.807) is 13.3 Å². The fourth-order valence-electron chi connectivity index (χ4n) is 4.99. The second-order valence-electron chi connectivity index (χ2n) is 9.28. The molecular formula is C28H34N2O4S. The molecule has 3 atom stereocenters. The second kappa shape index (κ2) is 11.9. The molecule has 0 aliphatic carbocycles. The number of fused-ring (bicyclic) bond motifs is 1. The number of carboxylic acids is 1. The number of aliphatic hydroxyl groups is 1. The lowest BCUT2D eigenvalue weighted by atomic mass is 9.81. The van der Waals surface area contributed by atoms with Crippen LogP contribution in [0.3, 0.4) is 0 Å². The van der Waals surface area contributed by atoms with Crippen LogP contribution in [-0.4, -0.2) is 58.6 Å². The fraction of sp³-hybridized carbons (Fsp3) is 0.429. The van der Waals surface area contributed by atoms with Crippen LogP contribution in [0.4, 0.5) is 0 Å². The van der Waals surface area contributed by atoms with Gasteiger partial charge in [0.15, 0.2) is 0 Å². The molecule has 1 aromatic heterocycles. The van der Waals surface area contributed by atoms with Crippen LogP contribution >= 0.6 is 11.8 Å². The van der Waals surface area contributed by atoms with Crippen LogP contribution in [0.5, 0.6) is 5.75 Å². The molecule has 0 spiro atoms. The fourth-order valence-corrected chi connectivity index (χ4v) is 6.03. The summed E-state index contributed by atoms with van der Waals surface area (Å²) in [4.78, 5) is 20.0. The molecule has 2 aromatic carbocycles. The minimum Gasteiger partial charge on any atom is -0.497 e. The molecule has 186 valence electrons. The van der Waals surface area contributed by atoms with Gasteiger partial charge in [-0.2, -0.15) is 0 Å². The highest BCUT2D eigenvalue weighted by Gasteiger charge is 2.34. The molecule has 35 heavy (non-hydrogen) atoms. The van der Waals surface area contributed by atoms with E-state index in [0.717, 1.165) is 47.5 Å². The first kappa shape index (κ1) is 25.5. The van der Waals surface area contributed by atoms with Crippen molar-refractivity contribution in [3.05, 3.63) is 65.9 Å². The molecule has 0 unspecified atom stereocenters. The van der Waals surface area contributed by atoms with Crippen LogP contribution in [0.2, 0.25) is 0 Å². The van der Waals surface area contributed by atoms with Gasteiger partial charge in [0.25, 0.3) is 0 Å². The third-order valence-corrected chi connectivity index (χ3v) is 8.22. The lowest BCUT2D eigenvalue weighted by Gasteiger charge is -2.37. The molecule has 0 saturated carbocycles. The quantitative estimate of drug-likeness (QED) is 0.376. The number of hydrogen-bond acceptors (Lipinski definition) is 6. The Hall–Kier alpha value is -2.61. The summed E-state index contributed by atoms with van der Waals surface area (Å²) >= 11 is 1.83. The number of benzene rings is 2. The van der Waals surface area contributed by atoms with Gasteiger partial charge in [0.2, 0.25) is 0 Å². The standard InChI is InChI=1S/C28H34N2O4S/c1-19-5-3-4-6-27(19)35-16-15-30-14-12-20(24(18-30)28(32)33)7-10-26(31)22-11-13-29-25-9-8-21(34-2)17-23(22)25/h3-6,8-9,11,13,17,20,24,26,31H,7,10,12,14-16,18H2,1-2H3,(H,32,33)/t20-,24+,26-/m1/s1. The molecule has 2 heterocycles. The van der Waals surface area contributed by atoms with Crippen LogP contribution in [0.1, 0.15) is 36.5 Å². The molecule has 3 aromatic rings. The number of piperidine rings is 1. The molecule has 0 bridgehead atoms. The van der Waals surface area contributed by atoms with Crippen molar-refractivity contribution in [3.8, 4) is 5.75 Å². The second-order valence-corrected chi connectivity index (χ2v) is 10.4. The number of aromatic nitrogens is 1. The zero-order valence-corrected chi connectivity index (χ0v) is 21.2. The Labute approximate surface area is 211 Å². The van der Waals surface area contributed by atoms with E-state index < -0.39 is 18.0 Å². The highest BCUT2D eigenvalue weighted by Crippen LogP contribution is 2.34. The normalized spacial score (nSPS) is 19.5. The number of aliphatic carboxylic acids is 1. The summed E-state index contributed by atoms with van der Waals surface area (Å²) in [6.45, 7) is 4.46. The van der Waals surface area contributed by atoms with E-state index >= 15 is 0 Å². The third kappa shape index (κ3) is 6.34. The van der Waals surface area contributed by atoms with Crippen LogP contribution < -0.4 is 4.74 Å². The highest BCUT2D eigenvalue weighted by molar-refractivity contribution is 7.99. The number of methoxy groups -OCH3 is 1. The summed E-state index contributed by atoms with van der Waals surface area (Å²) < 4.78 is 5.34. The molecule has 0 radical (unpaired) electrons. The molecule has 1 aliphatic heterocycles. The minimum atomic E-state index is -0.736. The smallest absolute Gasteiger partial charge is 0.308 e. The summed E-state index contributed by atoms with van der Waals surface area (Å²) in [5.74, 6) is 0.579. The maximum atomic E-state index is 12.1. The number of carbonyl (C=O) groups is 1. The Morgan fingerprint density at radius 1 is 1.26 bits per heavy atom. The summed E-state index contributed by atoms with van der Waals surface area (Å²) in [6, 6.07) is 15.8. The average molecular weight is 495 g/mol. The lowest BCUT2D eigenvalue weighted by Crippen LogP contribution is -2.44. The Morgan fingerprint density at radius 2 is 2.09 bits per heavy atom. The van der Waals surface area contributed by atoms with Crippen LogP contribution in [-0.2, 0) is 4.79 Å². The van der Waals surface area contributed by atoms with Gasteiger partial charge in [0, 0.05) is 35.3 Å². The average Bonchev–Trinajstić information content (AvgIpc) is 2.88. The van der Waals surface area contributed by atoms with Crippen molar-refractivity contribution in [3.63, 3.8) is 0 Å². The maximum absolute atomic E-state index is 12.1. The number of thioether (sulfide) groups is 1. The van der Waals surface area contributed by atoms with Gasteiger partial charge in [0.05, 0.1) is 24.6 Å². The van der Waals surface area contributed by atoms with Crippen molar-refractivity contribution >= 4 is 28.6 Å². The Bertz CT molecular complexity index is 1150. The zero-order valence-electron chi connectivity index (χ0n) is 20.4. The van der Waals surface area contributed by atoms with Gasteiger partial charge in [-0.05, 0) is 80.1 Å². The number of rotatable bonds is 10. The highest BCUT2D eigenvalue weighted by atomic mass is 32.2. The van der Waals surface area contributed by atoms with Gasteiger partial charge in [-0.25, -0.2) is 0 Å². The Kier molecular flexibility index (Phi) is 8.65. The summed E-state index contributed by atoms with van der Waals surface area (Å²) in [7, 11) is 1.62. The van der Waals surface area contributed by atoms with Gasteiger partial charge in [-0.1, -0.05) is 18.2 Å². The SMILES string of the molecule is COc1ccc2nccc([C@H](O)CC[C@@H]3CCN(CCSc4ccccc4C)C[C@@H]3C(=O)O)c2c1. The molecule has 2 N–H and O–H groups in total. The largest absolute Gasteiger partial charge is 0.497 e. The molecule has 4 rings (SSSR count). The van der Waals surface area contributed by atoms with E-state index in [4.69, 9.17) is 4.74 Å². The number of hydrogen-bond donors (Lipinski definition) is 2. The van der Waals surface area contributed by atoms with Gasteiger partial charge < -0.3 is 19.8 Å². The van der Waals surface area contributed by atoms with E-state index in [9.17, 15) is 15.0 Å². The summed E-state index contributed by atoms with van der Waals surface area (Å²) in [6.07, 6.45) is 3.07. The predicted molar refractivity (Wildman–Crippen MR) is 140 cm³/mol. The van der Waals surface area contributed by atoms with Gasteiger partial charge in [0.1, 0.15) is 5.75 Å². The summed E-state index contributed by atoms with van der Waals surface area (Å²) in [5.41, 5.74) is 2.90. The van der Waals surface area contributed by atoms with E-state index in [1.165, 1.54) is 10.5 Å². The first-order valence-electron chi connectivity index (χ1n) is 12.2. The Balaban J connectivity index is 1.34. The van der Waals surface area contributed by atoms with E-state index in [2.05, 4.69) is 35.0 Å². The van der Waals surface area contributed by atoms with Crippen molar-refractivity contribution in [2.45, 2.75) is 37.2 Å². The zero-order chi connectivity index (χ0) is 24.8. The summed E-state index contributed by atoms with van der Waals surface area (Å²) in [5, 5.41) is 21.8. The number of aliphatic hydroxyl groups excluding tert-OH is 1. The van der Waals surface area contributed by atoms with E-state index in [0.29, 0.717) is 19.4 Å². The first-order chi connectivity index (χ1) is 17.0. The number of pyridine rings is 1. The van der Waals surface area contributed by atoms with Crippen LogP contribution in [0.25, 0.3) is 10.9 Å². The maximum Gasteiger partial charge on any atom is 0.308 e. The first-order valence-corrected chi connectivity index (χ1v) is 13.2. The minimum absolute atomic E-state index is 0.0602. The number of aryl methyl sites for hydroxylation is 1. The molecule has 1 fully saturated rings. The predicted octanol–water partition coefficient (Wildman–Crippen LogP) is 5.18. The number of carboxylic acid groups (broad SMARTS) is 1. The number of nitrogens with zero attached hydrogens (tertiary/aromatic N) is 2. The topological polar surface area (TPSA) is 82.9 Å². The molecule has 0 amide bonds. The van der Waals surface area contributed by atoms with Crippen molar-refractivity contribution < 1.29 is 19.7 Å². The molecule has 7 heteroatoms. The Morgan fingerprint density at radius 3 is 2.86 bits per heavy atom. The molecule has 1 saturated heterocycles. The monoisotopic (exact) mass is 494 g/mol. The third-order valence-electron chi connectivity index (χ3n) is 7.07. The van der Waals surface area contributed by atoms with Crippen LogP contribution in [0.15, 0.2) is 59.6 Å².